The number of halogens is 1. The number of amides is 1. The third kappa shape index (κ3) is 4.00. The molecular weight excluding hydrogens is 318 g/mol. The van der Waals surface area contributed by atoms with E-state index in [0.29, 0.717) is 6.42 Å². The third-order valence-electron chi connectivity index (χ3n) is 3.15. The van der Waals surface area contributed by atoms with Gasteiger partial charge in [0.05, 0.1) is 3.79 Å². The van der Waals surface area contributed by atoms with Crippen LogP contribution in [0.4, 0.5) is 0 Å². The second-order valence-electron chi connectivity index (χ2n) is 4.64. The van der Waals surface area contributed by atoms with Crippen LogP contribution in [0.1, 0.15) is 24.1 Å². The van der Waals surface area contributed by atoms with Crippen LogP contribution in [-0.2, 0) is 11.2 Å². The first-order valence-electron chi connectivity index (χ1n) is 5.75. The van der Waals surface area contributed by atoms with Gasteiger partial charge in [0.1, 0.15) is 0 Å². The molecule has 1 fully saturated rings. The molecule has 0 atom stereocenters. The highest BCUT2D eigenvalue weighted by atomic mass is 79.9. The summed E-state index contributed by atoms with van der Waals surface area (Å²) < 4.78 is 1.14. The van der Waals surface area contributed by atoms with Gasteiger partial charge in [0.15, 0.2) is 0 Å². The molecule has 94 valence electrons. The van der Waals surface area contributed by atoms with E-state index >= 15 is 0 Å². The lowest BCUT2D eigenvalue weighted by molar-refractivity contribution is -0.122. The lowest BCUT2D eigenvalue weighted by Gasteiger charge is -2.11. The highest BCUT2D eigenvalue weighted by molar-refractivity contribution is 9.11. The summed E-state index contributed by atoms with van der Waals surface area (Å²) in [4.78, 5) is 13.0. The van der Waals surface area contributed by atoms with Crippen LogP contribution in [0.15, 0.2) is 15.9 Å². The molecule has 17 heavy (non-hydrogen) atoms. The zero-order chi connectivity index (χ0) is 12.3. The van der Waals surface area contributed by atoms with Gasteiger partial charge in [-0.3, -0.25) is 4.79 Å². The predicted molar refractivity (Wildman–Crippen MR) is 78.9 cm³/mol. The summed E-state index contributed by atoms with van der Waals surface area (Å²) in [7, 11) is 0. The molecule has 1 N–H and O–H groups in total. The third-order valence-corrected chi connectivity index (χ3v) is 5.50. The molecule has 0 aromatic carbocycles. The van der Waals surface area contributed by atoms with E-state index in [1.165, 1.54) is 4.88 Å². The minimum Gasteiger partial charge on any atom is -0.356 e. The fourth-order valence-corrected chi connectivity index (χ4v) is 3.69. The molecule has 1 aromatic rings. The Hall–Kier alpha value is -0.0000000000000000833. The van der Waals surface area contributed by atoms with Gasteiger partial charge in [0.2, 0.25) is 5.91 Å². The van der Waals surface area contributed by atoms with Crippen LogP contribution in [0.3, 0.4) is 0 Å². The van der Waals surface area contributed by atoms with Crippen molar-refractivity contribution in [2.75, 3.05) is 12.3 Å². The van der Waals surface area contributed by atoms with Crippen molar-refractivity contribution in [1.29, 1.82) is 0 Å². The Balaban J connectivity index is 1.66. The molecule has 2 rings (SSSR count). The number of thiophene rings is 1. The van der Waals surface area contributed by atoms with E-state index in [1.54, 1.807) is 11.3 Å². The van der Waals surface area contributed by atoms with Gasteiger partial charge in [-0.15, -0.1) is 11.3 Å². The quantitative estimate of drug-likeness (QED) is 0.768. The molecule has 1 aromatic heterocycles. The van der Waals surface area contributed by atoms with Gasteiger partial charge in [0.25, 0.3) is 0 Å². The van der Waals surface area contributed by atoms with Crippen LogP contribution in [-0.4, -0.2) is 18.2 Å². The number of hydrogen-bond acceptors (Lipinski definition) is 3. The van der Waals surface area contributed by atoms with Crippen LogP contribution in [0.2, 0.25) is 0 Å². The van der Waals surface area contributed by atoms with Gasteiger partial charge in [-0.25, -0.2) is 0 Å². The minimum atomic E-state index is 0.173. The van der Waals surface area contributed by atoms with Crippen molar-refractivity contribution in [3.63, 3.8) is 0 Å². The molecule has 1 aliphatic carbocycles. The Morgan fingerprint density at radius 1 is 1.53 bits per heavy atom. The lowest BCUT2D eigenvalue weighted by Crippen LogP contribution is -2.28. The maximum atomic E-state index is 11.7. The fourth-order valence-electron chi connectivity index (χ4n) is 1.78. The molecule has 5 heteroatoms. The van der Waals surface area contributed by atoms with Crippen molar-refractivity contribution in [3.8, 4) is 0 Å². The maximum absolute atomic E-state index is 11.7. The molecule has 0 saturated heterocycles. The number of carbonyl (C=O) groups is 1. The Bertz CT molecular complexity index is 401. The molecule has 0 unspecified atom stereocenters. The van der Waals surface area contributed by atoms with E-state index < -0.39 is 0 Å². The number of thiol groups is 1. The van der Waals surface area contributed by atoms with Gasteiger partial charge in [0, 0.05) is 17.8 Å². The molecular formula is C12H16BrNOS2. The van der Waals surface area contributed by atoms with E-state index in [-0.39, 0.29) is 11.3 Å². The summed E-state index contributed by atoms with van der Waals surface area (Å²) in [6.45, 7) is 0.731. The molecule has 1 amide bonds. The second kappa shape index (κ2) is 5.76. The number of hydrogen-bond donors (Lipinski definition) is 2. The Labute approximate surface area is 120 Å². The molecule has 1 heterocycles. The summed E-state index contributed by atoms with van der Waals surface area (Å²) in [5.74, 6) is 1.00. The first kappa shape index (κ1) is 13.4. The Morgan fingerprint density at radius 2 is 2.29 bits per heavy atom. The van der Waals surface area contributed by atoms with Gasteiger partial charge in [-0.05, 0) is 58.5 Å². The first-order chi connectivity index (χ1) is 8.13. The smallest absolute Gasteiger partial charge is 0.220 e. The molecule has 1 aliphatic rings. The Morgan fingerprint density at radius 3 is 2.82 bits per heavy atom. The second-order valence-corrected chi connectivity index (χ2v) is 7.50. The summed E-state index contributed by atoms with van der Waals surface area (Å²) in [5, 5.41) is 2.99. The number of rotatable bonds is 6. The van der Waals surface area contributed by atoms with Crippen molar-refractivity contribution < 1.29 is 4.79 Å². The highest BCUT2D eigenvalue weighted by Gasteiger charge is 2.42. The van der Waals surface area contributed by atoms with E-state index in [0.717, 1.165) is 35.3 Å². The standard InChI is InChI=1S/C12H16BrNOS2/c13-10-2-1-9(17-10)3-6-14-11(15)7-12(8-16)4-5-12/h1-2,16H,3-8H2,(H,14,15). The van der Waals surface area contributed by atoms with Gasteiger partial charge >= 0.3 is 0 Å². The number of carbonyl (C=O) groups excluding carboxylic acids is 1. The van der Waals surface area contributed by atoms with E-state index in [2.05, 4.69) is 39.9 Å². The molecule has 0 spiro atoms. The van der Waals surface area contributed by atoms with Gasteiger partial charge in [-0.1, -0.05) is 0 Å². The molecule has 0 radical (unpaired) electrons. The van der Waals surface area contributed by atoms with E-state index in [4.69, 9.17) is 0 Å². The van der Waals surface area contributed by atoms with Crippen LogP contribution < -0.4 is 5.32 Å². The zero-order valence-corrected chi connectivity index (χ0v) is 12.8. The maximum Gasteiger partial charge on any atom is 0.220 e. The van der Waals surface area contributed by atoms with E-state index in [9.17, 15) is 4.79 Å². The topological polar surface area (TPSA) is 29.1 Å². The zero-order valence-electron chi connectivity index (χ0n) is 9.54. The summed E-state index contributed by atoms with van der Waals surface area (Å²) in [6, 6.07) is 4.14. The summed E-state index contributed by atoms with van der Waals surface area (Å²) in [5.41, 5.74) is 0.221. The SMILES string of the molecule is O=C(CC1(CS)CC1)NCCc1ccc(Br)s1. The molecule has 1 saturated carbocycles. The van der Waals surface area contributed by atoms with Gasteiger partial charge < -0.3 is 5.32 Å². The van der Waals surface area contributed by atoms with Crippen molar-refractivity contribution >= 4 is 45.8 Å². The van der Waals surface area contributed by atoms with E-state index in [1.807, 2.05) is 6.07 Å². The predicted octanol–water partition coefficient (Wildman–Crippen LogP) is 3.27. The molecule has 0 bridgehead atoms. The minimum absolute atomic E-state index is 0.173. The average Bonchev–Trinajstić information content (AvgIpc) is 2.95. The average molecular weight is 334 g/mol. The van der Waals surface area contributed by atoms with Crippen molar-refractivity contribution in [3.05, 3.63) is 20.8 Å². The lowest BCUT2D eigenvalue weighted by atomic mass is 10.1. The summed E-state index contributed by atoms with van der Waals surface area (Å²) >= 11 is 9.46. The van der Waals surface area contributed by atoms with Crippen LogP contribution in [0.25, 0.3) is 0 Å². The molecule has 2 nitrogen and oxygen atoms in total. The van der Waals surface area contributed by atoms with Crippen molar-refractivity contribution in [2.24, 2.45) is 5.41 Å². The summed E-state index contributed by atoms with van der Waals surface area (Å²) in [6.07, 6.45) is 3.87. The Kier molecular flexibility index (Phi) is 4.55. The van der Waals surface area contributed by atoms with Crippen LogP contribution in [0, 0.1) is 5.41 Å². The van der Waals surface area contributed by atoms with Crippen LogP contribution >= 0.6 is 39.9 Å². The van der Waals surface area contributed by atoms with Crippen molar-refractivity contribution in [1.82, 2.24) is 5.32 Å². The number of nitrogens with one attached hydrogen (secondary N) is 1. The fraction of sp³-hybridized carbons (Fsp3) is 0.583. The monoisotopic (exact) mass is 333 g/mol. The largest absolute Gasteiger partial charge is 0.356 e. The highest BCUT2D eigenvalue weighted by Crippen LogP contribution is 2.49. The molecule has 0 aliphatic heterocycles. The van der Waals surface area contributed by atoms with Crippen LogP contribution in [0.5, 0.6) is 0 Å². The normalized spacial score (nSPS) is 16.8. The van der Waals surface area contributed by atoms with Crippen molar-refractivity contribution in [2.45, 2.75) is 25.7 Å². The first-order valence-corrected chi connectivity index (χ1v) is 8.00. The van der Waals surface area contributed by atoms with Gasteiger partial charge in [-0.2, -0.15) is 12.6 Å².